The molecule has 4 heteroatoms. The third-order valence-electron chi connectivity index (χ3n) is 1.51. The summed E-state index contributed by atoms with van der Waals surface area (Å²) >= 11 is 0. The Morgan fingerprint density at radius 1 is 1.42 bits per heavy atom. The van der Waals surface area contributed by atoms with Gasteiger partial charge in [0.25, 0.3) is 0 Å². The fourth-order valence-electron chi connectivity index (χ4n) is 0.872. The number of aliphatic hydroxyl groups is 1. The summed E-state index contributed by atoms with van der Waals surface area (Å²) in [5, 5.41) is 8.62. The van der Waals surface area contributed by atoms with E-state index in [0.717, 1.165) is 6.07 Å². The number of rotatable bonds is 2. The number of aldehydes is 1. The quantitative estimate of drug-likeness (QED) is 0.682. The molecule has 0 bridgehead atoms. The summed E-state index contributed by atoms with van der Waals surface area (Å²) in [5.74, 6) is -2.30. The molecular formula is C8H6F2O2. The Balaban J connectivity index is 3.35. The predicted octanol–water partition coefficient (Wildman–Crippen LogP) is 1.27. The van der Waals surface area contributed by atoms with Crippen LogP contribution in [0.5, 0.6) is 0 Å². The van der Waals surface area contributed by atoms with Gasteiger partial charge in [-0.3, -0.25) is 4.79 Å². The topological polar surface area (TPSA) is 37.3 Å². The summed E-state index contributed by atoms with van der Waals surface area (Å²) in [6.45, 7) is -0.481. The molecule has 0 saturated heterocycles. The number of carbonyl (C=O) groups is 1. The molecule has 0 unspecified atom stereocenters. The van der Waals surface area contributed by atoms with Crippen molar-refractivity contribution in [3.05, 3.63) is 34.9 Å². The van der Waals surface area contributed by atoms with E-state index in [1.165, 1.54) is 6.07 Å². The molecule has 2 nitrogen and oxygen atoms in total. The molecule has 1 aromatic rings. The van der Waals surface area contributed by atoms with E-state index in [2.05, 4.69) is 0 Å². The predicted molar refractivity (Wildman–Crippen MR) is 37.7 cm³/mol. The minimum absolute atomic E-state index is 0.0869. The summed E-state index contributed by atoms with van der Waals surface area (Å²) < 4.78 is 25.2. The van der Waals surface area contributed by atoms with Gasteiger partial charge in [0.1, 0.15) is 0 Å². The third kappa shape index (κ3) is 1.33. The first-order valence-electron chi connectivity index (χ1n) is 3.23. The molecule has 0 radical (unpaired) electrons. The molecule has 0 saturated carbocycles. The highest BCUT2D eigenvalue weighted by Gasteiger charge is 2.11. The van der Waals surface area contributed by atoms with E-state index in [1.807, 2.05) is 0 Å². The first-order chi connectivity index (χ1) is 5.70. The van der Waals surface area contributed by atoms with Gasteiger partial charge in [0.15, 0.2) is 17.9 Å². The molecule has 0 aliphatic heterocycles. The van der Waals surface area contributed by atoms with Crippen molar-refractivity contribution in [2.24, 2.45) is 0 Å². The van der Waals surface area contributed by atoms with E-state index >= 15 is 0 Å². The molecule has 0 aliphatic carbocycles. The zero-order chi connectivity index (χ0) is 9.14. The van der Waals surface area contributed by atoms with Crippen LogP contribution in [0.2, 0.25) is 0 Å². The second kappa shape index (κ2) is 3.40. The second-order valence-electron chi connectivity index (χ2n) is 2.21. The number of hydrogen-bond acceptors (Lipinski definition) is 2. The van der Waals surface area contributed by atoms with Crippen molar-refractivity contribution in [3.63, 3.8) is 0 Å². The van der Waals surface area contributed by atoms with E-state index < -0.39 is 23.8 Å². The van der Waals surface area contributed by atoms with Gasteiger partial charge >= 0.3 is 0 Å². The smallest absolute Gasteiger partial charge is 0.169 e. The van der Waals surface area contributed by atoms with Crippen molar-refractivity contribution in [2.75, 3.05) is 0 Å². The maximum atomic E-state index is 12.7. The lowest BCUT2D eigenvalue weighted by molar-refractivity contribution is 0.111. The molecular weight excluding hydrogens is 166 g/mol. The maximum Gasteiger partial charge on any atom is 0.169 e. The zero-order valence-corrected chi connectivity index (χ0v) is 6.05. The lowest BCUT2D eigenvalue weighted by Gasteiger charge is -2.01. The highest BCUT2D eigenvalue weighted by Crippen LogP contribution is 2.14. The van der Waals surface area contributed by atoms with Gasteiger partial charge in [-0.15, -0.1) is 0 Å². The van der Waals surface area contributed by atoms with Gasteiger partial charge in [-0.1, -0.05) is 6.07 Å². The monoisotopic (exact) mass is 172 g/mol. The molecule has 0 heterocycles. The van der Waals surface area contributed by atoms with Crippen molar-refractivity contribution in [1.29, 1.82) is 0 Å². The van der Waals surface area contributed by atoms with Crippen LogP contribution in [-0.4, -0.2) is 11.4 Å². The van der Waals surface area contributed by atoms with Gasteiger partial charge in [0.05, 0.1) is 12.2 Å². The highest BCUT2D eigenvalue weighted by atomic mass is 19.2. The summed E-state index contributed by atoms with van der Waals surface area (Å²) in [5.41, 5.74) is -0.332. The Hall–Kier alpha value is -1.29. The van der Waals surface area contributed by atoms with Crippen molar-refractivity contribution < 1.29 is 18.7 Å². The van der Waals surface area contributed by atoms with Crippen LogP contribution >= 0.6 is 0 Å². The highest BCUT2D eigenvalue weighted by molar-refractivity contribution is 5.77. The molecule has 0 fully saturated rings. The van der Waals surface area contributed by atoms with E-state index in [0.29, 0.717) is 0 Å². The molecule has 1 N–H and O–H groups in total. The van der Waals surface area contributed by atoms with Gasteiger partial charge in [-0.05, 0) is 11.6 Å². The molecule has 0 aliphatic rings. The van der Waals surface area contributed by atoms with Crippen molar-refractivity contribution in [1.82, 2.24) is 0 Å². The van der Waals surface area contributed by atoms with Crippen LogP contribution in [0.25, 0.3) is 0 Å². The largest absolute Gasteiger partial charge is 0.392 e. The summed E-state index contributed by atoms with van der Waals surface area (Å²) in [7, 11) is 0. The van der Waals surface area contributed by atoms with Crippen LogP contribution in [0.15, 0.2) is 12.1 Å². The van der Waals surface area contributed by atoms with Gasteiger partial charge in [0.2, 0.25) is 0 Å². The zero-order valence-electron chi connectivity index (χ0n) is 6.05. The molecule has 1 rings (SSSR count). The first-order valence-corrected chi connectivity index (χ1v) is 3.23. The van der Waals surface area contributed by atoms with Crippen LogP contribution in [0.4, 0.5) is 8.78 Å². The number of aliphatic hydroxyl groups excluding tert-OH is 1. The average molecular weight is 172 g/mol. The maximum absolute atomic E-state index is 12.7. The van der Waals surface area contributed by atoms with Gasteiger partial charge < -0.3 is 5.11 Å². The molecule has 0 spiro atoms. The van der Waals surface area contributed by atoms with Gasteiger partial charge in [-0.2, -0.15) is 0 Å². The molecule has 12 heavy (non-hydrogen) atoms. The number of carbonyl (C=O) groups excluding carboxylic acids is 1. The lowest BCUT2D eigenvalue weighted by atomic mass is 10.1. The van der Waals surface area contributed by atoms with Crippen molar-refractivity contribution in [2.45, 2.75) is 6.61 Å². The summed E-state index contributed by atoms with van der Waals surface area (Å²) in [6, 6.07) is 2.04. The fourth-order valence-corrected chi connectivity index (χ4v) is 0.872. The number of benzene rings is 1. The Labute approximate surface area is 67.4 Å². The minimum Gasteiger partial charge on any atom is -0.392 e. The van der Waals surface area contributed by atoms with Crippen LogP contribution in [0.3, 0.4) is 0 Å². The normalized spacial score (nSPS) is 9.92. The minimum atomic E-state index is -1.21. The number of halogens is 2. The van der Waals surface area contributed by atoms with Gasteiger partial charge in [0, 0.05) is 0 Å². The standard InChI is InChI=1S/C8H6F2O2/c9-7-2-1-5(3-11)6(4-12)8(7)10/h1-2,4,11H,3H2. The average Bonchev–Trinajstić information content (AvgIpc) is 2.09. The van der Waals surface area contributed by atoms with Gasteiger partial charge in [-0.25, -0.2) is 8.78 Å². The Morgan fingerprint density at radius 3 is 2.58 bits per heavy atom. The van der Waals surface area contributed by atoms with Crippen LogP contribution < -0.4 is 0 Å². The Bertz CT molecular complexity index is 310. The third-order valence-corrected chi connectivity index (χ3v) is 1.51. The van der Waals surface area contributed by atoms with Crippen LogP contribution in [0, 0.1) is 11.6 Å². The molecule has 0 amide bonds. The SMILES string of the molecule is O=Cc1c(CO)ccc(F)c1F. The number of hydrogen-bond donors (Lipinski definition) is 1. The molecule has 0 aromatic heterocycles. The lowest BCUT2D eigenvalue weighted by Crippen LogP contribution is -1.99. The Kier molecular flexibility index (Phi) is 2.50. The van der Waals surface area contributed by atoms with Crippen molar-refractivity contribution in [3.8, 4) is 0 Å². The van der Waals surface area contributed by atoms with E-state index in [-0.39, 0.29) is 11.8 Å². The molecule has 1 aromatic carbocycles. The molecule has 64 valence electrons. The first kappa shape index (κ1) is 8.80. The van der Waals surface area contributed by atoms with Crippen molar-refractivity contribution >= 4 is 6.29 Å². The molecule has 0 atom stereocenters. The fraction of sp³-hybridized carbons (Fsp3) is 0.125. The Morgan fingerprint density at radius 2 is 2.08 bits per heavy atom. The van der Waals surface area contributed by atoms with E-state index in [1.54, 1.807) is 0 Å². The van der Waals surface area contributed by atoms with Crippen LogP contribution in [-0.2, 0) is 6.61 Å². The summed E-state index contributed by atoms with van der Waals surface area (Å²) in [6.07, 6.45) is 0.184. The second-order valence-corrected chi connectivity index (χ2v) is 2.21. The summed E-state index contributed by atoms with van der Waals surface area (Å²) in [4.78, 5) is 10.2. The van der Waals surface area contributed by atoms with E-state index in [9.17, 15) is 13.6 Å². The van der Waals surface area contributed by atoms with Crippen LogP contribution in [0.1, 0.15) is 15.9 Å². The van der Waals surface area contributed by atoms with E-state index in [4.69, 9.17) is 5.11 Å².